The number of benzene rings is 1. The van der Waals surface area contributed by atoms with E-state index in [0.29, 0.717) is 12.6 Å². The number of aryl methyl sites for hydroxylation is 1. The quantitative estimate of drug-likeness (QED) is 0.860. The molecule has 0 aromatic heterocycles. The van der Waals surface area contributed by atoms with Crippen molar-refractivity contribution in [3.63, 3.8) is 0 Å². The van der Waals surface area contributed by atoms with E-state index in [2.05, 4.69) is 38.3 Å². The Balaban J connectivity index is 2.43. The maximum Gasteiger partial charge on any atom is 0.238 e. The highest BCUT2D eigenvalue weighted by molar-refractivity contribution is 5.92. The molecule has 0 saturated heterocycles. The molecule has 1 atom stereocenters. The fraction of sp³-hybridized carbons (Fsp3) is 0.533. The van der Waals surface area contributed by atoms with E-state index in [0.717, 1.165) is 11.3 Å². The van der Waals surface area contributed by atoms with Gasteiger partial charge < -0.3 is 10.6 Å². The summed E-state index contributed by atoms with van der Waals surface area (Å²) in [5, 5.41) is 6.13. The van der Waals surface area contributed by atoms with Crippen molar-refractivity contribution in [3.05, 3.63) is 29.8 Å². The third-order valence-electron chi connectivity index (χ3n) is 3.17. The molecule has 0 heterocycles. The standard InChI is InChI=1S/C15H24N2O/c1-11-7-6-8-13(9-11)17-14(18)10-16-12(2)15(3,4)5/h6-9,12,16H,10H2,1-5H3,(H,17,18). The van der Waals surface area contributed by atoms with E-state index in [-0.39, 0.29) is 11.3 Å². The predicted molar refractivity (Wildman–Crippen MR) is 76.7 cm³/mol. The number of anilines is 1. The summed E-state index contributed by atoms with van der Waals surface area (Å²) in [6.45, 7) is 10.9. The molecule has 0 bridgehead atoms. The first-order chi connectivity index (χ1) is 8.29. The monoisotopic (exact) mass is 248 g/mol. The van der Waals surface area contributed by atoms with Crippen LogP contribution in [0.1, 0.15) is 33.3 Å². The summed E-state index contributed by atoms with van der Waals surface area (Å²) >= 11 is 0. The normalized spacial score (nSPS) is 13.2. The Bertz CT molecular complexity index is 407. The van der Waals surface area contributed by atoms with Gasteiger partial charge in [0.2, 0.25) is 5.91 Å². The first-order valence-electron chi connectivity index (χ1n) is 6.39. The highest BCUT2D eigenvalue weighted by Crippen LogP contribution is 2.18. The van der Waals surface area contributed by atoms with Gasteiger partial charge in [-0.05, 0) is 37.0 Å². The van der Waals surface area contributed by atoms with Crippen LogP contribution in [-0.2, 0) is 4.79 Å². The molecule has 18 heavy (non-hydrogen) atoms. The molecular formula is C15H24N2O. The fourth-order valence-corrected chi connectivity index (χ4v) is 1.48. The lowest BCUT2D eigenvalue weighted by Crippen LogP contribution is -2.41. The number of hydrogen-bond donors (Lipinski definition) is 2. The molecule has 0 saturated carbocycles. The average molecular weight is 248 g/mol. The summed E-state index contributed by atoms with van der Waals surface area (Å²) in [5.41, 5.74) is 2.15. The Morgan fingerprint density at radius 2 is 2.00 bits per heavy atom. The molecule has 1 unspecified atom stereocenters. The van der Waals surface area contributed by atoms with Crippen LogP contribution in [0.2, 0.25) is 0 Å². The minimum Gasteiger partial charge on any atom is -0.325 e. The lowest BCUT2D eigenvalue weighted by atomic mass is 9.88. The van der Waals surface area contributed by atoms with E-state index in [1.54, 1.807) is 0 Å². The van der Waals surface area contributed by atoms with Gasteiger partial charge in [0.05, 0.1) is 6.54 Å². The molecule has 0 aliphatic heterocycles. The molecule has 0 radical (unpaired) electrons. The van der Waals surface area contributed by atoms with Crippen molar-refractivity contribution in [2.75, 3.05) is 11.9 Å². The predicted octanol–water partition coefficient (Wildman–Crippen LogP) is 2.96. The summed E-state index contributed by atoms with van der Waals surface area (Å²) in [7, 11) is 0. The number of nitrogens with one attached hydrogen (secondary N) is 2. The Labute approximate surface area is 110 Å². The number of carbonyl (C=O) groups excluding carboxylic acids is 1. The van der Waals surface area contributed by atoms with Crippen LogP contribution in [0.25, 0.3) is 0 Å². The zero-order valence-electron chi connectivity index (χ0n) is 12.0. The zero-order valence-corrected chi connectivity index (χ0v) is 12.0. The molecule has 2 N–H and O–H groups in total. The second-order valence-electron chi connectivity index (χ2n) is 5.89. The summed E-state index contributed by atoms with van der Waals surface area (Å²) < 4.78 is 0. The van der Waals surface area contributed by atoms with Crippen molar-refractivity contribution >= 4 is 11.6 Å². The average Bonchev–Trinajstić information content (AvgIpc) is 2.24. The number of carbonyl (C=O) groups is 1. The minimum atomic E-state index is -0.00306. The lowest BCUT2D eigenvalue weighted by Gasteiger charge is -2.27. The van der Waals surface area contributed by atoms with Gasteiger partial charge in [-0.15, -0.1) is 0 Å². The number of amides is 1. The minimum absolute atomic E-state index is 0.00306. The summed E-state index contributed by atoms with van der Waals surface area (Å²) in [4.78, 5) is 11.8. The highest BCUT2D eigenvalue weighted by atomic mass is 16.1. The maximum absolute atomic E-state index is 11.8. The van der Waals surface area contributed by atoms with Gasteiger partial charge in [0.25, 0.3) is 0 Å². The molecule has 0 fully saturated rings. The Kier molecular flexibility index (Phi) is 4.91. The van der Waals surface area contributed by atoms with E-state index in [4.69, 9.17) is 0 Å². The molecule has 1 amide bonds. The van der Waals surface area contributed by atoms with Crippen LogP contribution >= 0.6 is 0 Å². The van der Waals surface area contributed by atoms with Crippen LogP contribution in [0.4, 0.5) is 5.69 Å². The lowest BCUT2D eigenvalue weighted by molar-refractivity contribution is -0.115. The fourth-order valence-electron chi connectivity index (χ4n) is 1.48. The first kappa shape index (κ1) is 14.7. The van der Waals surface area contributed by atoms with Crippen molar-refractivity contribution in [2.24, 2.45) is 5.41 Å². The van der Waals surface area contributed by atoms with Gasteiger partial charge in [-0.2, -0.15) is 0 Å². The van der Waals surface area contributed by atoms with Crippen LogP contribution in [0, 0.1) is 12.3 Å². The molecule has 3 nitrogen and oxygen atoms in total. The van der Waals surface area contributed by atoms with E-state index in [1.807, 2.05) is 31.2 Å². The van der Waals surface area contributed by atoms with E-state index >= 15 is 0 Å². The van der Waals surface area contributed by atoms with E-state index in [1.165, 1.54) is 0 Å². The van der Waals surface area contributed by atoms with E-state index in [9.17, 15) is 4.79 Å². The van der Waals surface area contributed by atoms with Crippen molar-refractivity contribution in [3.8, 4) is 0 Å². The van der Waals surface area contributed by atoms with E-state index < -0.39 is 0 Å². The summed E-state index contributed by atoms with van der Waals surface area (Å²) in [6, 6.07) is 8.11. The van der Waals surface area contributed by atoms with Crippen molar-refractivity contribution in [1.29, 1.82) is 0 Å². The molecule has 100 valence electrons. The third kappa shape index (κ3) is 4.88. The molecule has 0 aliphatic carbocycles. The molecule has 3 heteroatoms. The van der Waals surface area contributed by atoms with Gasteiger partial charge in [-0.25, -0.2) is 0 Å². The maximum atomic E-state index is 11.8. The topological polar surface area (TPSA) is 41.1 Å². The molecular weight excluding hydrogens is 224 g/mol. The summed E-state index contributed by atoms with van der Waals surface area (Å²) in [5.74, 6) is -0.00306. The SMILES string of the molecule is Cc1cccc(NC(=O)CNC(C)C(C)(C)C)c1. The van der Waals surface area contributed by atoms with Crippen LogP contribution in [0.5, 0.6) is 0 Å². The largest absolute Gasteiger partial charge is 0.325 e. The number of rotatable bonds is 4. The second-order valence-corrected chi connectivity index (χ2v) is 5.89. The van der Waals surface area contributed by atoms with Gasteiger partial charge in [-0.1, -0.05) is 32.9 Å². The zero-order chi connectivity index (χ0) is 13.8. The Morgan fingerprint density at radius 3 is 2.56 bits per heavy atom. The smallest absolute Gasteiger partial charge is 0.238 e. The van der Waals surface area contributed by atoms with Crippen LogP contribution in [0.3, 0.4) is 0 Å². The van der Waals surface area contributed by atoms with Crippen molar-refractivity contribution in [2.45, 2.75) is 40.7 Å². The van der Waals surface area contributed by atoms with Crippen molar-refractivity contribution in [1.82, 2.24) is 5.32 Å². The Morgan fingerprint density at radius 1 is 1.33 bits per heavy atom. The highest BCUT2D eigenvalue weighted by Gasteiger charge is 2.19. The van der Waals surface area contributed by atoms with Gasteiger partial charge >= 0.3 is 0 Å². The van der Waals surface area contributed by atoms with Crippen molar-refractivity contribution < 1.29 is 4.79 Å². The summed E-state index contributed by atoms with van der Waals surface area (Å²) in [6.07, 6.45) is 0. The first-order valence-corrected chi connectivity index (χ1v) is 6.39. The van der Waals surface area contributed by atoms with Gasteiger partial charge in [0.1, 0.15) is 0 Å². The molecule has 1 rings (SSSR count). The molecule has 0 spiro atoms. The second kappa shape index (κ2) is 6.01. The Hall–Kier alpha value is -1.35. The molecule has 0 aliphatic rings. The number of hydrogen-bond acceptors (Lipinski definition) is 2. The van der Waals surface area contributed by atoms with Gasteiger partial charge in [0.15, 0.2) is 0 Å². The third-order valence-corrected chi connectivity index (χ3v) is 3.17. The van der Waals surface area contributed by atoms with Crippen LogP contribution in [0.15, 0.2) is 24.3 Å². The molecule has 1 aromatic carbocycles. The molecule has 1 aromatic rings. The van der Waals surface area contributed by atoms with Gasteiger partial charge in [0, 0.05) is 11.7 Å². The van der Waals surface area contributed by atoms with Crippen LogP contribution < -0.4 is 10.6 Å². The van der Waals surface area contributed by atoms with Gasteiger partial charge in [-0.3, -0.25) is 4.79 Å². The van der Waals surface area contributed by atoms with Crippen LogP contribution in [-0.4, -0.2) is 18.5 Å².